The van der Waals surface area contributed by atoms with Crippen molar-refractivity contribution in [3.8, 4) is 0 Å². The summed E-state index contributed by atoms with van der Waals surface area (Å²) >= 11 is 5.72. The molecule has 1 aliphatic carbocycles. The largest absolute Gasteiger partial charge is 0.379 e. The van der Waals surface area contributed by atoms with E-state index >= 15 is 0 Å². The van der Waals surface area contributed by atoms with Crippen LogP contribution in [0.4, 0.5) is 4.39 Å². The molecule has 3 rings (SSSR count). The van der Waals surface area contributed by atoms with Crippen LogP contribution < -0.4 is 5.32 Å². The molecule has 0 unspecified atom stereocenters. The van der Waals surface area contributed by atoms with Gasteiger partial charge < -0.3 is 14.8 Å². The molecule has 1 saturated heterocycles. The summed E-state index contributed by atoms with van der Waals surface area (Å²) in [5.41, 5.74) is -0.0160. The summed E-state index contributed by atoms with van der Waals surface area (Å²) < 4.78 is 25.3. The van der Waals surface area contributed by atoms with E-state index in [1.54, 1.807) is 0 Å². The van der Waals surface area contributed by atoms with Gasteiger partial charge in [-0.25, -0.2) is 4.39 Å². The Kier molecular flexibility index (Phi) is 5.51. The van der Waals surface area contributed by atoms with E-state index in [9.17, 15) is 9.18 Å². The summed E-state index contributed by atoms with van der Waals surface area (Å²) in [4.78, 5) is 12.3. The fourth-order valence-electron chi connectivity index (χ4n) is 2.89. The van der Waals surface area contributed by atoms with Gasteiger partial charge in [0.2, 0.25) is 0 Å². The fraction of sp³-hybridized carbons (Fsp3) is 0.588. The number of rotatable bonds is 5. The highest BCUT2D eigenvalue weighted by atomic mass is 35.5. The van der Waals surface area contributed by atoms with Crippen molar-refractivity contribution < 1.29 is 18.7 Å². The molecule has 2 fully saturated rings. The minimum Gasteiger partial charge on any atom is -0.379 e. The number of carbonyl (C=O) groups is 1. The first-order chi connectivity index (χ1) is 11.1. The van der Waals surface area contributed by atoms with E-state index in [0.717, 1.165) is 19.1 Å². The van der Waals surface area contributed by atoms with Gasteiger partial charge in [0.05, 0.1) is 24.3 Å². The predicted octanol–water partition coefficient (Wildman–Crippen LogP) is 3.18. The zero-order valence-electron chi connectivity index (χ0n) is 12.9. The number of amides is 1. The predicted molar refractivity (Wildman–Crippen MR) is 85.2 cm³/mol. The fourth-order valence-corrected chi connectivity index (χ4v) is 3.05. The highest BCUT2D eigenvalue weighted by molar-refractivity contribution is 6.30. The van der Waals surface area contributed by atoms with Crippen LogP contribution in [0.1, 0.15) is 36.0 Å². The van der Waals surface area contributed by atoms with Gasteiger partial charge in [0.15, 0.2) is 0 Å². The number of ether oxygens (including phenoxy) is 2. The maximum absolute atomic E-state index is 13.9. The summed E-state index contributed by atoms with van der Waals surface area (Å²) in [7, 11) is 0. The lowest BCUT2D eigenvalue weighted by Gasteiger charge is -2.34. The molecule has 2 aliphatic rings. The van der Waals surface area contributed by atoms with Gasteiger partial charge in [-0.2, -0.15) is 0 Å². The molecule has 6 heteroatoms. The highest BCUT2D eigenvalue weighted by Gasteiger charge is 2.30. The van der Waals surface area contributed by atoms with Crippen molar-refractivity contribution in [3.63, 3.8) is 0 Å². The zero-order valence-corrected chi connectivity index (χ0v) is 13.7. The molecular weight excluding hydrogens is 321 g/mol. The van der Waals surface area contributed by atoms with Crippen LogP contribution in [-0.2, 0) is 9.47 Å². The maximum atomic E-state index is 13.9. The first-order valence-corrected chi connectivity index (χ1v) is 8.46. The van der Waals surface area contributed by atoms with Crippen LogP contribution >= 0.6 is 11.6 Å². The Morgan fingerprint density at radius 3 is 2.91 bits per heavy atom. The van der Waals surface area contributed by atoms with Gasteiger partial charge in [0.25, 0.3) is 5.91 Å². The van der Waals surface area contributed by atoms with E-state index in [0.29, 0.717) is 19.1 Å². The Labute approximate surface area is 140 Å². The molecule has 1 aromatic carbocycles. The third-order valence-corrected chi connectivity index (χ3v) is 4.79. The SMILES string of the molecule is O=C(N[C@@H]1COCC[C@@H]1OCC1CCC1)c1ccc(Cl)cc1F. The van der Waals surface area contributed by atoms with Gasteiger partial charge in [-0.15, -0.1) is 0 Å². The standard InChI is InChI=1S/C17H21ClFNO3/c18-12-4-5-13(14(19)8-12)17(21)20-15-10-22-7-6-16(15)23-9-11-2-1-3-11/h4-5,8,11,15-16H,1-3,6-7,9-10H2,(H,20,21)/t15-,16+/m1/s1. The van der Waals surface area contributed by atoms with Crippen molar-refractivity contribution in [1.82, 2.24) is 5.32 Å². The quantitative estimate of drug-likeness (QED) is 0.894. The van der Waals surface area contributed by atoms with Crippen molar-refractivity contribution >= 4 is 17.5 Å². The average Bonchev–Trinajstić information content (AvgIpc) is 2.47. The first kappa shape index (κ1) is 16.7. The van der Waals surface area contributed by atoms with E-state index in [4.69, 9.17) is 21.1 Å². The van der Waals surface area contributed by atoms with Gasteiger partial charge in [-0.3, -0.25) is 4.79 Å². The van der Waals surface area contributed by atoms with Crippen molar-refractivity contribution in [1.29, 1.82) is 0 Å². The van der Waals surface area contributed by atoms with Crippen molar-refractivity contribution in [3.05, 3.63) is 34.6 Å². The van der Waals surface area contributed by atoms with Gasteiger partial charge in [0, 0.05) is 18.2 Å². The summed E-state index contributed by atoms with van der Waals surface area (Å²) in [6.07, 6.45) is 4.37. The molecule has 126 valence electrons. The lowest BCUT2D eigenvalue weighted by atomic mass is 9.86. The number of carbonyl (C=O) groups excluding carboxylic acids is 1. The summed E-state index contributed by atoms with van der Waals surface area (Å²) in [6, 6.07) is 3.77. The minimum absolute atomic E-state index is 0.0160. The number of hydrogen-bond donors (Lipinski definition) is 1. The van der Waals surface area contributed by atoms with Crippen molar-refractivity contribution in [2.24, 2.45) is 5.92 Å². The van der Waals surface area contributed by atoms with E-state index in [1.165, 1.54) is 31.4 Å². The molecule has 1 saturated carbocycles. The normalized spacial score (nSPS) is 25.0. The highest BCUT2D eigenvalue weighted by Crippen LogP contribution is 2.27. The molecular formula is C17H21ClFNO3. The third-order valence-electron chi connectivity index (χ3n) is 4.56. The number of hydrogen-bond acceptors (Lipinski definition) is 3. The van der Waals surface area contributed by atoms with Gasteiger partial charge in [0.1, 0.15) is 5.82 Å². The molecule has 4 nitrogen and oxygen atoms in total. The molecule has 1 aromatic rings. The second kappa shape index (κ2) is 7.60. The van der Waals surface area contributed by atoms with Gasteiger partial charge in [-0.05, 0) is 43.4 Å². The second-order valence-electron chi connectivity index (χ2n) is 6.24. The van der Waals surface area contributed by atoms with Crippen LogP contribution in [0.5, 0.6) is 0 Å². The van der Waals surface area contributed by atoms with Crippen LogP contribution in [0, 0.1) is 11.7 Å². The summed E-state index contributed by atoms with van der Waals surface area (Å²) in [5.74, 6) is -0.450. The van der Waals surface area contributed by atoms with E-state index < -0.39 is 11.7 Å². The monoisotopic (exact) mass is 341 g/mol. The van der Waals surface area contributed by atoms with Crippen molar-refractivity contribution in [2.45, 2.75) is 37.8 Å². The van der Waals surface area contributed by atoms with Crippen LogP contribution in [0.3, 0.4) is 0 Å². The number of halogens is 2. The van der Waals surface area contributed by atoms with Gasteiger partial charge >= 0.3 is 0 Å². The molecule has 1 N–H and O–H groups in total. The van der Waals surface area contributed by atoms with Crippen molar-refractivity contribution in [2.75, 3.05) is 19.8 Å². The average molecular weight is 342 g/mol. The topological polar surface area (TPSA) is 47.6 Å². The number of nitrogens with one attached hydrogen (secondary N) is 1. The lowest BCUT2D eigenvalue weighted by Crippen LogP contribution is -2.51. The molecule has 1 amide bonds. The Balaban J connectivity index is 1.59. The molecule has 0 aromatic heterocycles. The Morgan fingerprint density at radius 2 is 2.22 bits per heavy atom. The maximum Gasteiger partial charge on any atom is 0.254 e. The lowest BCUT2D eigenvalue weighted by molar-refractivity contribution is -0.0697. The van der Waals surface area contributed by atoms with E-state index in [2.05, 4.69) is 5.32 Å². The Hall–Kier alpha value is -1.17. The molecule has 0 bridgehead atoms. The van der Waals surface area contributed by atoms with Crippen LogP contribution in [0.2, 0.25) is 5.02 Å². The molecule has 0 radical (unpaired) electrons. The number of benzene rings is 1. The van der Waals surface area contributed by atoms with Crippen LogP contribution in [0.15, 0.2) is 18.2 Å². The third kappa shape index (κ3) is 4.22. The van der Waals surface area contributed by atoms with E-state index in [-0.39, 0.29) is 22.7 Å². The minimum atomic E-state index is -0.626. The van der Waals surface area contributed by atoms with E-state index in [1.807, 2.05) is 0 Å². The zero-order chi connectivity index (χ0) is 16.2. The Bertz CT molecular complexity index is 565. The van der Waals surface area contributed by atoms with Gasteiger partial charge in [-0.1, -0.05) is 18.0 Å². The molecule has 1 heterocycles. The summed E-state index contributed by atoms with van der Waals surface area (Å²) in [6.45, 7) is 1.74. The smallest absolute Gasteiger partial charge is 0.254 e. The Morgan fingerprint density at radius 1 is 1.39 bits per heavy atom. The second-order valence-corrected chi connectivity index (χ2v) is 6.67. The first-order valence-electron chi connectivity index (χ1n) is 8.09. The molecule has 1 aliphatic heterocycles. The summed E-state index contributed by atoms with van der Waals surface area (Å²) in [5, 5.41) is 3.10. The molecule has 23 heavy (non-hydrogen) atoms. The van der Waals surface area contributed by atoms with Crippen LogP contribution in [-0.4, -0.2) is 37.9 Å². The molecule has 2 atom stereocenters. The van der Waals surface area contributed by atoms with Crippen LogP contribution in [0.25, 0.3) is 0 Å². The molecule has 0 spiro atoms.